The van der Waals surface area contributed by atoms with Gasteiger partial charge in [0.2, 0.25) is 5.91 Å². The molecule has 0 aliphatic carbocycles. The van der Waals surface area contributed by atoms with Crippen LogP contribution in [0.2, 0.25) is 0 Å². The summed E-state index contributed by atoms with van der Waals surface area (Å²) in [6.07, 6.45) is 0. The van der Waals surface area contributed by atoms with Crippen molar-refractivity contribution in [2.75, 3.05) is 5.32 Å². The number of carbonyl (C=O) groups is 2. The molecule has 1 amide bonds. The molecule has 4 nitrogen and oxygen atoms in total. The number of nitrogens with one attached hydrogen (secondary N) is 1. The molecule has 0 unspecified atom stereocenters. The van der Waals surface area contributed by atoms with Gasteiger partial charge in [0.15, 0.2) is 11.7 Å². The van der Waals surface area contributed by atoms with Crippen molar-refractivity contribution in [3.8, 4) is 6.07 Å². The summed E-state index contributed by atoms with van der Waals surface area (Å²) in [6.45, 7) is 1.90. The van der Waals surface area contributed by atoms with Gasteiger partial charge in [0.25, 0.3) is 0 Å². The molecule has 1 atom stereocenters. The summed E-state index contributed by atoms with van der Waals surface area (Å²) in [5, 5.41) is 11.6. The van der Waals surface area contributed by atoms with Gasteiger partial charge < -0.3 is 5.32 Å². The number of aryl methyl sites for hydroxylation is 1. The standard InChI is InChI=1S/C17H13FN2O2/c1-11-2-8-14(9-3-11)20-17(22)15(10-19)16(21)12-4-6-13(18)7-5-12/h2-9,15H,1H3,(H,20,22)/t15-/m0/s1. The maximum absolute atomic E-state index is 12.9. The molecular weight excluding hydrogens is 283 g/mol. The molecule has 0 aliphatic heterocycles. The van der Waals surface area contributed by atoms with E-state index in [0.717, 1.165) is 17.7 Å². The highest BCUT2D eigenvalue weighted by atomic mass is 19.1. The third kappa shape index (κ3) is 3.55. The van der Waals surface area contributed by atoms with Crippen molar-refractivity contribution in [3.63, 3.8) is 0 Å². The lowest BCUT2D eigenvalue weighted by atomic mass is 9.98. The second-order valence-corrected chi connectivity index (χ2v) is 4.79. The molecule has 0 radical (unpaired) electrons. The van der Waals surface area contributed by atoms with Crippen LogP contribution in [0.5, 0.6) is 0 Å². The van der Waals surface area contributed by atoms with Crippen LogP contribution < -0.4 is 5.32 Å². The van der Waals surface area contributed by atoms with Crippen molar-refractivity contribution in [3.05, 3.63) is 65.5 Å². The molecule has 5 heteroatoms. The van der Waals surface area contributed by atoms with E-state index >= 15 is 0 Å². The first kappa shape index (κ1) is 15.4. The van der Waals surface area contributed by atoms with E-state index in [1.807, 2.05) is 6.92 Å². The number of rotatable bonds is 4. The van der Waals surface area contributed by atoms with E-state index in [9.17, 15) is 14.0 Å². The number of amides is 1. The molecule has 0 saturated heterocycles. The van der Waals surface area contributed by atoms with Crippen molar-refractivity contribution in [1.82, 2.24) is 0 Å². The number of ketones is 1. The number of carbonyl (C=O) groups excluding carboxylic acids is 2. The molecular formula is C17H13FN2O2. The van der Waals surface area contributed by atoms with Gasteiger partial charge in [-0.25, -0.2) is 4.39 Å². The first-order chi connectivity index (χ1) is 10.5. The highest BCUT2D eigenvalue weighted by molar-refractivity contribution is 6.15. The Hall–Kier alpha value is -3.00. The second kappa shape index (κ2) is 6.64. The topological polar surface area (TPSA) is 70.0 Å². The van der Waals surface area contributed by atoms with E-state index in [2.05, 4.69) is 5.32 Å². The molecule has 0 saturated carbocycles. The normalized spacial score (nSPS) is 11.3. The minimum Gasteiger partial charge on any atom is -0.325 e. The molecule has 22 heavy (non-hydrogen) atoms. The third-order valence-corrected chi connectivity index (χ3v) is 3.10. The van der Waals surface area contributed by atoms with Gasteiger partial charge in [-0.3, -0.25) is 9.59 Å². The minimum absolute atomic E-state index is 0.118. The van der Waals surface area contributed by atoms with E-state index in [1.54, 1.807) is 30.3 Å². The zero-order valence-corrected chi connectivity index (χ0v) is 11.8. The summed E-state index contributed by atoms with van der Waals surface area (Å²) in [7, 11) is 0. The van der Waals surface area contributed by atoms with Crippen molar-refractivity contribution in [2.45, 2.75) is 6.92 Å². The number of hydrogen-bond donors (Lipinski definition) is 1. The van der Waals surface area contributed by atoms with Crippen molar-refractivity contribution in [2.24, 2.45) is 5.92 Å². The largest absolute Gasteiger partial charge is 0.325 e. The molecule has 0 heterocycles. The minimum atomic E-state index is -1.48. The summed E-state index contributed by atoms with van der Waals surface area (Å²) >= 11 is 0. The van der Waals surface area contributed by atoms with Crippen LogP contribution in [-0.2, 0) is 4.79 Å². The first-order valence-electron chi connectivity index (χ1n) is 6.58. The number of hydrogen-bond acceptors (Lipinski definition) is 3. The zero-order chi connectivity index (χ0) is 16.1. The summed E-state index contributed by atoms with van der Waals surface area (Å²) < 4.78 is 12.9. The quantitative estimate of drug-likeness (QED) is 0.696. The molecule has 0 aliphatic rings. The maximum Gasteiger partial charge on any atom is 0.249 e. The van der Waals surface area contributed by atoms with Gasteiger partial charge in [0.05, 0.1) is 6.07 Å². The average molecular weight is 296 g/mol. The molecule has 2 aromatic carbocycles. The van der Waals surface area contributed by atoms with E-state index in [1.165, 1.54) is 12.1 Å². The summed E-state index contributed by atoms with van der Waals surface area (Å²) in [4.78, 5) is 24.2. The zero-order valence-electron chi connectivity index (χ0n) is 11.8. The first-order valence-corrected chi connectivity index (χ1v) is 6.58. The van der Waals surface area contributed by atoms with Gasteiger partial charge >= 0.3 is 0 Å². The summed E-state index contributed by atoms with van der Waals surface area (Å²) in [5.41, 5.74) is 1.65. The van der Waals surface area contributed by atoms with Crippen molar-refractivity contribution >= 4 is 17.4 Å². The number of Topliss-reactive ketones (excluding diaryl/α,β-unsaturated/α-hetero) is 1. The van der Waals surface area contributed by atoms with Gasteiger partial charge in [0, 0.05) is 11.3 Å². The van der Waals surface area contributed by atoms with Gasteiger partial charge in [-0.2, -0.15) is 5.26 Å². The molecule has 0 aromatic heterocycles. The fraction of sp³-hybridized carbons (Fsp3) is 0.118. The Kier molecular flexibility index (Phi) is 4.64. The van der Waals surface area contributed by atoms with E-state index in [4.69, 9.17) is 5.26 Å². The fourth-order valence-electron chi connectivity index (χ4n) is 1.87. The van der Waals surface area contributed by atoms with Crippen LogP contribution >= 0.6 is 0 Å². The fourth-order valence-corrected chi connectivity index (χ4v) is 1.87. The lowest BCUT2D eigenvalue weighted by Crippen LogP contribution is -2.28. The van der Waals surface area contributed by atoms with Crippen LogP contribution in [0.25, 0.3) is 0 Å². The Morgan fingerprint density at radius 1 is 1.09 bits per heavy atom. The average Bonchev–Trinajstić information content (AvgIpc) is 2.51. The summed E-state index contributed by atoms with van der Waals surface area (Å²) in [6, 6.07) is 13.4. The Bertz CT molecular complexity index is 731. The van der Waals surface area contributed by atoms with Crippen LogP contribution in [0.4, 0.5) is 10.1 Å². The van der Waals surface area contributed by atoms with Crippen molar-refractivity contribution in [1.29, 1.82) is 5.26 Å². The Balaban J connectivity index is 2.15. The monoisotopic (exact) mass is 296 g/mol. The van der Waals surface area contributed by atoms with E-state index in [-0.39, 0.29) is 5.56 Å². The second-order valence-electron chi connectivity index (χ2n) is 4.79. The van der Waals surface area contributed by atoms with Crippen LogP contribution in [0.15, 0.2) is 48.5 Å². The molecule has 0 bridgehead atoms. The van der Waals surface area contributed by atoms with E-state index < -0.39 is 23.4 Å². The SMILES string of the molecule is Cc1ccc(NC(=O)[C@@H](C#N)C(=O)c2ccc(F)cc2)cc1. The van der Waals surface area contributed by atoms with Gasteiger partial charge in [-0.15, -0.1) is 0 Å². The molecule has 110 valence electrons. The third-order valence-electron chi connectivity index (χ3n) is 3.10. The highest BCUT2D eigenvalue weighted by Crippen LogP contribution is 2.14. The Morgan fingerprint density at radius 3 is 2.23 bits per heavy atom. The molecule has 0 fully saturated rings. The highest BCUT2D eigenvalue weighted by Gasteiger charge is 2.27. The number of anilines is 1. The molecule has 2 aromatic rings. The molecule has 0 spiro atoms. The van der Waals surface area contributed by atoms with Gasteiger partial charge in [0.1, 0.15) is 5.82 Å². The number of benzene rings is 2. The predicted molar refractivity (Wildman–Crippen MR) is 79.6 cm³/mol. The van der Waals surface area contributed by atoms with Crippen LogP contribution in [0, 0.1) is 30.0 Å². The number of nitriles is 1. The number of nitrogens with zero attached hydrogens (tertiary/aromatic N) is 1. The smallest absolute Gasteiger partial charge is 0.249 e. The predicted octanol–water partition coefficient (Wildman–Crippen LogP) is 3.10. The van der Waals surface area contributed by atoms with Crippen LogP contribution in [0.3, 0.4) is 0 Å². The van der Waals surface area contributed by atoms with E-state index in [0.29, 0.717) is 5.69 Å². The van der Waals surface area contributed by atoms with Crippen molar-refractivity contribution < 1.29 is 14.0 Å². The Morgan fingerprint density at radius 2 is 1.68 bits per heavy atom. The lowest BCUT2D eigenvalue weighted by Gasteiger charge is -2.10. The number of halogens is 1. The van der Waals surface area contributed by atoms with Crippen LogP contribution in [0.1, 0.15) is 15.9 Å². The van der Waals surface area contributed by atoms with Gasteiger partial charge in [-0.1, -0.05) is 17.7 Å². The summed E-state index contributed by atoms with van der Waals surface area (Å²) in [5.74, 6) is -3.34. The molecule has 2 rings (SSSR count). The molecule has 1 N–H and O–H groups in total. The maximum atomic E-state index is 12.9. The van der Waals surface area contributed by atoms with Gasteiger partial charge in [-0.05, 0) is 43.3 Å². The lowest BCUT2D eigenvalue weighted by molar-refractivity contribution is -0.117. The Labute approximate surface area is 127 Å². The van der Waals surface area contributed by atoms with Crippen LogP contribution in [-0.4, -0.2) is 11.7 Å².